The van der Waals surface area contributed by atoms with Gasteiger partial charge in [0.05, 0.1) is 5.69 Å². The molecule has 0 atom stereocenters. The minimum atomic E-state index is -0.375. The Morgan fingerprint density at radius 3 is 2.44 bits per heavy atom. The summed E-state index contributed by atoms with van der Waals surface area (Å²) in [6.45, 7) is 1.49. The van der Waals surface area contributed by atoms with Crippen molar-refractivity contribution in [1.82, 2.24) is 14.7 Å². The summed E-state index contributed by atoms with van der Waals surface area (Å²) in [6, 6.07) is 17.0. The molecule has 3 rings (SSSR count). The van der Waals surface area contributed by atoms with Gasteiger partial charge in [0, 0.05) is 32.1 Å². The number of nitrogens with one attached hydrogen (secondary N) is 1. The SMILES string of the molecule is CC(=O)Nc1cc(C(=O)N(C)Cc2ccccc2F)nn1-c1ccccc1. The average molecular weight is 366 g/mol. The predicted octanol–water partition coefficient (Wildman–Crippen LogP) is 3.24. The molecule has 2 aromatic carbocycles. The van der Waals surface area contributed by atoms with E-state index in [0.717, 1.165) is 0 Å². The molecule has 0 aliphatic carbocycles. The van der Waals surface area contributed by atoms with E-state index in [1.54, 1.807) is 25.2 Å². The van der Waals surface area contributed by atoms with Crippen molar-refractivity contribution in [1.29, 1.82) is 0 Å². The van der Waals surface area contributed by atoms with Crippen molar-refractivity contribution in [2.24, 2.45) is 0 Å². The molecule has 0 aliphatic rings. The molecule has 0 aliphatic heterocycles. The topological polar surface area (TPSA) is 67.2 Å². The Hall–Kier alpha value is -3.48. The Labute approximate surface area is 156 Å². The van der Waals surface area contributed by atoms with E-state index in [1.165, 1.54) is 28.6 Å². The largest absolute Gasteiger partial charge is 0.336 e. The van der Waals surface area contributed by atoms with Gasteiger partial charge in [0.1, 0.15) is 11.6 Å². The minimum Gasteiger partial charge on any atom is -0.336 e. The summed E-state index contributed by atoms with van der Waals surface area (Å²) < 4.78 is 15.3. The van der Waals surface area contributed by atoms with Crippen molar-refractivity contribution in [3.8, 4) is 5.69 Å². The zero-order valence-electron chi connectivity index (χ0n) is 15.0. The maximum Gasteiger partial charge on any atom is 0.274 e. The molecule has 0 fully saturated rings. The van der Waals surface area contributed by atoms with Gasteiger partial charge in [-0.25, -0.2) is 9.07 Å². The summed E-state index contributed by atoms with van der Waals surface area (Å²) in [4.78, 5) is 25.6. The lowest BCUT2D eigenvalue weighted by atomic mass is 10.2. The van der Waals surface area contributed by atoms with E-state index < -0.39 is 0 Å². The van der Waals surface area contributed by atoms with Gasteiger partial charge in [-0.15, -0.1) is 0 Å². The van der Waals surface area contributed by atoms with Crippen LogP contribution in [0.25, 0.3) is 5.69 Å². The van der Waals surface area contributed by atoms with Crippen LogP contribution in [0.1, 0.15) is 23.0 Å². The fraction of sp³-hybridized carbons (Fsp3) is 0.150. The van der Waals surface area contributed by atoms with Gasteiger partial charge in [-0.3, -0.25) is 9.59 Å². The molecule has 0 bridgehead atoms. The predicted molar refractivity (Wildman–Crippen MR) is 100 cm³/mol. The molecule has 6 nitrogen and oxygen atoms in total. The Balaban J connectivity index is 1.89. The van der Waals surface area contributed by atoms with Gasteiger partial charge < -0.3 is 10.2 Å². The first kappa shape index (κ1) is 18.3. The summed E-state index contributed by atoms with van der Waals surface area (Å²) in [6.07, 6.45) is 0. The van der Waals surface area contributed by atoms with Gasteiger partial charge in [-0.2, -0.15) is 5.10 Å². The number of carbonyl (C=O) groups excluding carboxylic acids is 2. The Morgan fingerprint density at radius 1 is 1.11 bits per heavy atom. The van der Waals surface area contributed by atoms with E-state index in [0.29, 0.717) is 17.1 Å². The second-order valence-electron chi connectivity index (χ2n) is 6.10. The number of carbonyl (C=O) groups is 2. The Morgan fingerprint density at radius 2 is 1.78 bits per heavy atom. The molecule has 27 heavy (non-hydrogen) atoms. The quantitative estimate of drug-likeness (QED) is 0.754. The molecule has 0 radical (unpaired) electrons. The van der Waals surface area contributed by atoms with E-state index in [1.807, 2.05) is 30.3 Å². The normalized spacial score (nSPS) is 10.5. The first-order valence-corrected chi connectivity index (χ1v) is 8.37. The molecular formula is C20H19FN4O2. The number of anilines is 1. The second kappa shape index (κ2) is 7.82. The first-order valence-electron chi connectivity index (χ1n) is 8.37. The van der Waals surface area contributed by atoms with Gasteiger partial charge in [-0.1, -0.05) is 36.4 Å². The van der Waals surface area contributed by atoms with Crippen LogP contribution < -0.4 is 5.32 Å². The third kappa shape index (κ3) is 4.20. The number of halogens is 1. The van der Waals surface area contributed by atoms with Crippen molar-refractivity contribution in [3.63, 3.8) is 0 Å². The molecule has 1 heterocycles. The molecule has 1 aromatic heterocycles. The minimum absolute atomic E-state index is 0.110. The van der Waals surface area contributed by atoms with E-state index >= 15 is 0 Å². The zero-order chi connectivity index (χ0) is 19.4. The molecular weight excluding hydrogens is 347 g/mol. The first-order chi connectivity index (χ1) is 13.0. The number of benzene rings is 2. The number of nitrogens with zero attached hydrogens (tertiary/aromatic N) is 3. The second-order valence-corrected chi connectivity index (χ2v) is 6.10. The Bertz CT molecular complexity index is 969. The van der Waals surface area contributed by atoms with Crippen LogP contribution in [0.3, 0.4) is 0 Å². The number of hydrogen-bond acceptors (Lipinski definition) is 3. The van der Waals surface area contributed by atoms with E-state index in [9.17, 15) is 14.0 Å². The monoisotopic (exact) mass is 366 g/mol. The lowest BCUT2D eigenvalue weighted by Gasteiger charge is -2.16. The highest BCUT2D eigenvalue weighted by Gasteiger charge is 2.20. The molecule has 3 aromatic rings. The third-order valence-electron chi connectivity index (χ3n) is 3.95. The van der Waals surface area contributed by atoms with Crippen molar-refractivity contribution >= 4 is 17.6 Å². The van der Waals surface area contributed by atoms with Crippen LogP contribution in [0.5, 0.6) is 0 Å². The van der Waals surface area contributed by atoms with Crippen LogP contribution in [-0.4, -0.2) is 33.5 Å². The van der Waals surface area contributed by atoms with Gasteiger partial charge in [0.15, 0.2) is 5.69 Å². The number of aromatic nitrogens is 2. The van der Waals surface area contributed by atoms with Crippen molar-refractivity contribution < 1.29 is 14.0 Å². The summed E-state index contributed by atoms with van der Waals surface area (Å²) in [5, 5.41) is 7.01. The third-order valence-corrected chi connectivity index (χ3v) is 3.95. The van der Waals surface area contributed by atoms with E-state index in [4.69, 9.17) is 0 Å². The lowest BCUT2D eigenvalue weighted by molar-refractivity contribution is -0.114. The van der Waals surface area contributed by atoms with E-state index in [2.05, 4.69) is 10.4 Å². The summed E-state index contributed by atoms with van der Waals surface area (Å²) >= 11 is 0. The maximum atomic E-state index is 13.8. The van der Waals surface area contributed by atoms with Gasteiger partial charge in [0.25, 0.3) is 5.91 Å². The fourth-order valence-electron chi connectivity index (χ4n) is 2.67. The highest BCUT2D eigenvalue weighted by Crippen LogP contribution is 2.19. The number of para-hydroxylation sites is 1. The van der Waals surface area contributed by atoms with Crippen LogP contribution in [0.4, 0.5) is 10.2 Å². The van der Waals surface area contributed by atoms with Crippen LogP contribution in [-0.2, 0) is 11.3 Å². The number of amides is 2. The molecule has 0 spiro atoms. The van der Waals surface area contributed by atoms with E-state index in [-0.39, 0.29) is 29.9 Å². The van der Waals surface area contributed by atoms with Crippen LogP contribution in [0.2, 0.25) is 0 Å². The molecule has 0 saturated heterocycles. The lowest BCUT2D eigenvalue weighted by Crippen LogP contribution is -2.27. The van der Waals surface area contributed by atoms with Crippen LogP contribution in [0.15, 0.2) is 60.7 Å². The highest BCUT2D eigenvalue weighted by atomic mass is 19.1. The van der Waals surface area contributed by atoms with Crippen molar-refractivity contribution in [2.75, 3.05) is 12.4 Å². The van der Waals surface area contributed by atoms with Gasteiger partial charge in [0.2, 0.25) is 5.91 Å². The average Bonchev–Trinajstić information content (AvgIpc) is 3.06. The zero-order valence-corrected chi connectivity index (χ0v) is 15.0. The standard InChI is InChI=1S/C20H19FN4O2/c1-14(26)22-19-12-18(23-25(19)16-9-4-3-5-10-16)20(27)24(2)13-15-8-6-7-11-17(15)21/h3-12H,13H2,1-2H3,(H,22,26). The van der Waals surface area contributed by atoms with Crippen molar-refractivity contribution in [2.45, 2.75) is 13.5 Å². The van der Waals surface area contributed by atoms with Crippen molar-refractivity contribution in [3.05, 3.63) is 77.7 Å². The number of rotatable bonds is 5. The molecule has 1 N–H and O–H groups in total. The molecule has 138 valence electrons. The Kier molecular flexibility index (Phi) is 5.30. The molecule has 2 amide bonds. The molecule has 7 heteroatoms. The summed E-state index contributed by atoms with van der Waals surface area (Å²) in [5.41, 5.74) is 1.27. The van der Waals surface area contributed by atoms with Gasteiger partial charge >= 0.3 is 0 Å². The smallest absolute Gasteiger partial charge is 0.274 e. The van der Waals surface area contributed by atoms with Gasteiger partial charge in [-0.05, 0) is 18.2 Å². The summed E-state index contributed by atoms with van der Waals surface area (Å²) in [7, 11) is 1.58. The molecule has 0 saturated carbocycles. The van der Waals surface area contributed by atoms with Crippen LogP contribution in [0, 0.1) is 5.82 Å². The molecule has 0 unspecified atom stereocenters. The van der Waals surface area contributed by atoms with Crippen LogP contribution >= 0.6 is 0 Å². The number of hydrogen-bond donors (Lipinski definition) is 1. The fourth-order valence-corrected chi connectivity index (χ4v) is 2.67. The maximum absolute atomic E-state index is 13.8. The highest BCUT2D eigenvalue weighted by molar-refractivity contribution is 5.95. The summed E-state index contributed by atoms with van der Waals surface area (Å²) in [5.74, 6) is -0.632.